The smallest absolute Gasteiger partial charge is 0.242 e. The van der Waals surface area contributed by atoms with Crippen molar-refractivity contribution in [2.75, 3.05) is 5.32 Å². The number of anilines is 1. The Morgan fingerprint density at radius 3 is 2.58 bits per heavy atom. The van der Waals surface area contributed by atoms with Gasteiger partial charge in [-0.25, -0.2) is 0 Å². The molecular formula is C15H23ClN2O. The molecule has 106 valence electrons. The van der Waals surface area contributed by atoms with Gasteiger partial charge in [0.1, 0.15) is 6.04 Å². The van der Waals surface area contributed by atoms with E-state index >= 15 is 0 Å². The van der Waals surface area contributed by atoms with Crippen LogP contribution in [-0.2, 0) is 4.79 Å². The summed E-state index contributed by atoms with van der Waals surface area (Å²) in [5.74, 6) is -0.0106. The maximum atomic E-state index is 12.1. The van der Waals surface area contributed by atoms with Gasteiger partial charge in [0.2, 0.25) is 5.91 Å². The van der Waals surface area contributed by atoms with Crippen molar-refractivity contribution < 1.29 is 4.79 Å². The third-order valence-electron chi connectivity index (χ3n) is 3.29. The van der Waals surface area contributed by atoms with Gasteiger partial charge in [-0.1, -0.05) is 24.6 Å². The molecule has 4 heteroatoms. The second kappa shape index (κ2) is 6.29. The van der Waals surface area contributed by atoms with Crippen LogP contribution in [0.5, 0.6) is 0 Å². The fourth-order valence-corrected chi connectivity index (χ4v) is 1.71. The van der Waals surface area contributed by atoms with Crippen molar-refractivity contribution in [1.82, 2.24) is 5.32 Å². The quantitative estimate of drug-likeness (QED) is 0.863. The van der Waals surface area contributed by atoms with Crippen molar-refractivity contribution in [3.63, 3.8) is 0 Å². The lowest BCUT2D eigenvalue weighted by Crippen LogP contribution is -2.48. The average molecular weight is 283 g/mol. The van der Waals surface area contributed by atoms with E-state index in [4.69, 9.17) is 11.6 Å². The topological polar surface area (TPSA) is 41.1 Å². The summed E-state index contributed by atoms with van der Waals surface area (Å²) in [6.45, 7) is 9.87. The highest BCUT2D eigenvalue weighted by atomic mass is 35.5. The van der Waals surface area contributed by atoms with Gasteiger partial charge in [0.25, 0.3) is 0 Å². The van der Waals surface area contributed by atoms with E-state index in [0.29, 0.717) is 5.02 Å². The number of benzene rings is 1. The number of carbonyl (C=O) groups excluding carboxylic acids is 1. The minimum atomic E-state index is -0.301. The molecule has 0 saturated heterocycles. The van der Waals surface area contributed by atoms with Crippen LogP contribution in [0, 0.1) is 6.92 Å². The van der Waals surface area contributed by atoms with E-state index in [1.165, 1.54) is 0 Å². The second-order valence-corrected chi connectivity index (χ2v) is 5.96. The van der Waals surface area contributed by atoms with E-state index < -0.39 is 0 Å². The van der Waals surface area contributed by atoms with Crippen LogP contribution in [0.1, 0.15) is 39.7 Å². The molecule has 0 radical (unpaired) electrons. The van der Waals surface area contributed by atoms with E-state index in [2.05, 4.69) is 17.6 Å². The molecule has 3 nitrogen and oxygen atoms in total. The Labute approximate surface area is 120 Å². The fourth-order valence-electron chi connectivity index (χ4n) is 1.53. The first-order valence-corrected chi connectivity index (χ1v) is 6.97. The normalized spacial score (nSPS) is 12.9. The highest BCUT2D eigenvalue weighted by Gasteiger charge is 2.21. The Hall–Kier alpha value is -1.22. The van der Waals surface area contributed by atoms with Crippen molar-refractivity contribution in [1.29, 1.82) is 0 Å². The fraction of sp³-hybridized carbons (Fsp3) is 0.533. The summed E-state index contributed by atoms with van der Waals surface area (Å²) in [6.07, 6.45) is 0.891. The van der Waals surface area contributed by atoms with Gasteiger partial charge in [0, 0.05) is 16.2 Å². The number of halogens is 1. The third-order valence-corrected chi connectivity index (χ3v) is 3.70. The van der Waals surface area contributed by atoms with Gasteiger partial charge in [0.05, 0.1) is 0 Å². The molecule has 1 aromatic rings. The molecule has 0 bridgehead atoms. The third kappa shape index (κ3) is 4.75. The summed E-state index contributed by atoms with van der Waals surface area (Å²) in [5.41, 5.74) is 1.70. The zero-order valence-corrected chi connectivity index (χ0v) is 13.1. The van der Waals surface area contributed by atoms with Crippen LogP contribution in [0.15, 0.2) is 18.2 Å². The molecule has 0 heterocycles. The molecule has 0 saturated carbocycles. The number of rotatable bonds is 5. The molecule has 1 aromatic carbocycles. The number of aryl methyl sites for hydroxylation is 1. The predicted octanol–water partition coefficient (Wildman–Crippen LogP) is 3.75. The molecule has 0 fully saturated rings. The molecular weight excluding hydrogens is 260 g/mol. The Morgan fingerprint density at radius 2 is 2.05 bits per heavy atom. The van der Waals surface area contributed by atoms with E-state index in [-0.39, 0.29) is 17.5 Å². The summed E-state index contributed by atoms with van der Waals surface area (Å²) < 4.78 is 0. The molecule has 0 aromatic heterocycles. The van der Waals surface area contributed by atoms with Crippen molar-refractivity contribution in [3.05, 3.63) is 28.8 Å². The minimum Gasteiger partial charge on any atom is -0.374 e. The average Bonchev–Trinajstić information content (AvgIpc) is 2.33. The predicted molar refractivity (Wildman–Crippen MR) is 81.8 cm³/mol. The number of hydrogen-bond donors (Lipinski definition) is 2. The standard InChI is InChI=1S/C15H23ClN2O/c1-6-15(4,5)18-14(19)11(3)17-12-8-7-10(2)13(16)9-12/h7-9,11,17H,6H2,1-5H3,(H,18,19). The van der Waals surface area contributed by atoms with Crippen LogP contribution in [0.25, 0.3) is 0 Å². The molecule has 1 atom stereocenters. The molecule has 0 spiro atoms. The Kier molecular flexibility index (Phi) is 5.24. The first-order chi connectivity index (χ1) is 8.75. The van der Waals surface area contributed by atoms with Gasteiger partial charge < -0.3 is 10.6 Å². The molecule has 0 aliphatic heterocycles. The maximum absolute atomic E-state index is 12.1. The molecule has 1 amide bonds. The summed E-state index contributed by atoms with van der Waals surface area (Å²) in [5, 5.41) is 6.88. The largest absolute Gasteiger partial charge is 0.374 e. The van der Waals surface area contributed by atoms with Crippen LogP contribution in [0.3, 0.4) is 0 Å². The number of carbonyl (C=O) groups is 1. The van der Waals surface area contributed by atoms with Crippen LogP contribution < -0.4 is 10.6 Å². The van der Waals surface area contributed by atoms with E-state index in [9.17, 15) is 4.79 Å². The van der Waals surface area contributed by atoms with Gasteiger partial charge >= 0.3 is 0 Å². The molecule has 19 heavy (non-hydrogen) atoms. The van der Waals surface area contributed by atoms with Gasteiger partial charge in [-0.15, -0.1) is 0 Å². The lowest BCUT2D eigenvalue weighted by Gasteiger charge is -2.27. The summed E-state index contributed by atoms with van der Waals surface area (Å²) >= 11 is 6.07. The first-order valence-electron chi connectivity index (χ1n) is 6.60. The summed E-state index contributed by atoms with van der Waals surface area (Å²) in [4.78, 5) is 12.1. The first kappa shape index (κ1) is 15.8. The lowest BCUT2D eigenvalue weighted by atomic mass is 10.0. The van der Waals surface area contributed by atoms with Gasteiger partial charge in [-0.3, -0.25) is 4.79 Å². The van der Waals surface area contributed by atoms with Crippen LogP contribution >= 0.6 is 11.6 Å². The molecule has 1 unspecified atom stereocenters. The van der Waals surface area contributed by atoms with Gasteiger partial charge in [-0.2, -0.15) is 0 Å². The Bertz CT molecular complexity index is 457. The summed E-state index contributed by atoms with van der Waals surface area (Å²) in [7, 11) is 0. The molecule has 1 rings (SSSR count). The SMILES string of the molecule is CCC(C)(C)NC(=O)C(C)Nc1ccc(C)c(Cl)c1. The zero-order chi connectivity index (χ0) is 14.6. The van der Waals surface area contributed by atoms with Gasteiger partial charge in [0.15, 0.2) is 0 Å². The maximum Gasteiger partial charge on any atom is 0.242 e. The van der Waals surface area contributed by atoms with E-state index in [1.807, 2.05) is 45.9 Å². The van der Waals surface area contributed by atoms with Crippen molar-refractivity contribution in [2.45, 2.75) is 52.6 Å². The van der Waals surface area contributed by atoms with Crippen molar-refractivity contribution >= 4 is 23.2 Å². The van der Waals surface area contributed by atoms with Gasteiger partial charge in [-0.05, 0) is 51.8 Å². The summed E-state index contributed by atoms with van der Waals surface area (Å²) in [6, 6.07) is 5.40. The number of nitrogens with one attached hydrogen (secondary N) is 2. The minimum absolute atomic E-state index is 0.0106. The highest BCUT2D eigenvalue weighted by molar-refractivity contribution is 6.31. The van der Waals surface area contributed by atoms with Crippen LogP contribution in [-0.4, -0.2) is 17.5 Å². The lowest BCUT2D eigenvalue weighted by molar-refractivity contribution is -0.123. The monoisotopic (exact) mass is 282 g/mol. The second-order valence-electron chi connectivity index (χ2n) is 5.56. The Balaban J connectivity index is 2.66. The number of hydrogen-bond acceptors (Lipinski definition) is 2. The molecule has 2 N–H and O–H groups in total. The number of amides is 1. The Morgan fingerprint density at radius 1 is 1.42 bits per heavy atom. The van der Waals surface area contributed by atoms with E-state index in [0.717, 1.165) is 17.7 Å². The van der Waals surface area contributed by atoms with E-state index in [1.54, 1.807) is 0 Å². The van der Waals surface area contributed by atoms with Crippen molar-refractivity contribution in [2.24, 2.45) is 0 Å². The van der Waals surface area contributed by atoms with Crippen LogP contribution in [0.4, 0.5) is 5.69 Å². The highest BCUT2D eigenvalue weighted by Crippen LogP contribution is 2.20. The van der Waals surface area contributed by atoms with Crippen LogP contribution in [0.2, 0.25) is 5.02 Å². The van der Waals surface area contributed by atoms with Crippen molar-refractivity contribution in [3.8, 4) is 0 Å². The zero-order valence-electron chi connectivity index (χ0n) is 12.3. The molecule has 0 aliphatic rings. The molecule has 0 aliphatic carbocycles.